The van der Waals surface area contributed by atoms with Crippen LogP contribution in [-0.2, 0) is 14.3 Å². The van der Waals surface area contributed by atoms with E-state index in [0.717, 1.165) is 4.88 Å². The molecule has 1 aliphatic heterocycles. The third kappa shape index (κ3) is 3.96. The second-order valence-electron chi connectivity index (χ2n) is 4.69. The van der Waals surface area contributed by atoms with Gasteiger partial charge in [0, 0.05) is 23.4 Å². The normalized spacial score (nSPS) is 19.6. The van der Waals surface area contributed by atoms with Crippen molar-refractivity contribution in [3.8, 4) is 0 Å². The average Bonchev–Trinajstić information content (AvgIpc) is 3.07. The molecule has 6 nitrogen and oxygen atoms in total. The van der Waals surface area contributed by atoms with Crippen LogP contribution < -0.4 is 5.32 Å². The van der Waals surface area contributed by atoms with Gasteiger partial charge in [0.05, 0.1) is 5.88 Å². The Morgan fingerprint density at radius 3 is 3.00 bits per heavy atom. The number of carbonyl (C=O) groups is 2. The van der Waals surface area contributed by atoms with Crippen molar-refractivity contribution in [1.29, 1.82) is 0 Å². The smallest absolute Gasteiger partial charge is 0.252 e. The molecule has 2 rings (SSSR count). The minimum Gasteiger partial charge on any atom is -0.369 e. The SMILES string of the molecule is CCO[C@@H](C)C(=O)N1CSC[C@@H]1C(=O)Nc1ncc(C)s1. The number of rotatable bonds is 5. The van der Waals surface area contributed by atoms with Crippen molar-refractivity contribution >= 4 is 40.0 Å². The van der Waals surface area contributed by atoms with Crippen molar-refractivity contribution in [3.63, 3.8) is 0 Å². The van der Waals surface area contributed by atoms with E-state index in [4.69, 9.17) is 4.74 Å². The lowest BCUT2D eigenvalue weighted by atomic mass is 10.2. The summed E-state index contributed by atoms with van der Waals surface area (Å²) in [5.74, 6) is 0.787. The van der Waals surface area contributed by atoms with Crippen LogP contribution in [0.2, 0.25) is 0 Å². The van der Waals surface area contributed by atoms with E-state index in [-0.39, 0.29) is 11.8 Å². The van der Waals surface area contributed by atoms with Gasteiger partial charge < -0.3 is 15.0 Å². The van der Waals surface area contributed by atoms with Gasteiger partial charge in [-0.1, -0.05) is 0 Å². The fourth-order valence-electron chi connectivity index (χ4n) is 2.03. The summed E-state index contributed by atoms with van der Waals surface area (Å²) in [5, 5.41) is 3.35. The zero-order chi connectivity index (χ0) is 15.4. The number of hydrogen-bond acceptors (Lipinski definition) is 6. The van der Waals surface area contributed by atoms with E-state index in [9.17, 15) is 9.59 Å². The molecule has 2 heterocycles. The molecule has 2 amide bonds. The van der Waals surface area contributed by atoms with E-state index in [1.165, 1.54) is 11.3 Å². The quantitative estimate of drug-likeness (QED) is 0.890. The number of thioether (sulfide) groups is 1. The summed E-state index contributed by atoms with van der Waals surface area (Å²) >= 11 is 2.99. The Hall–Kier alpha value is -1.12. The molecule has 0 spiro atoms. The Kier molecular flexibility index (Phi) is 5.60. The number of nitrogens with one attached hydrogen (secondary N) is 1. The van der Waals surface area contributed by atoms with Crippen LogP contribution in [0.25, 0.3) is 0 Å². The second-order valence-corrected chi connectivity index (χ2v) is 6.92. The highest BCUT2D eigenvalue weighted by Crippen LogP contribution is 2.24. The Bertz CT molecular complexity index is 521. The summed E-state index contributed by atoms with van der Waals surface area (Å²) in [5.41, 5.74) is 0. The van der Waals surface area contributed by atoms with Gasteiger partial charge in [0.2, 0.25) is 5.91 Å². The molecule has 21 heavy (non-hydrogen) atoms. The minimum atomic E-state index is -0.522. The van der Waals surface area contributed by atoms with Crippen LogP contribution in [0.3, 0.4) is 0 Å². The molecule has 8 heteroatoms. The number of aromatic nitrogens is 1. The molecule has 0 bridgehead atoms. The van der Waals surface area contributed by atoms with Gasteiger partial charge in [0.15, 0.2) is 5.13 Å². The molecule has 1 saturated heterocycles. The third-order valence-electron chi connectivity index (χ3n) is 3.08. The summed E-state index contributed by atoms with van der Waals surface area (Å²) in [6.07, 6.45) is 1.19. The standard InChI is InChI=1S/C13H19N3O3S2/c1-4-19-9(3)12(18)16-7-20-6-10(16)11(17)15-13-14-5-8(2)21-13/h5,9-10H,4,6-7H2,1-3H3,(H,14,15,17)/t9-,10+/m0/s1. The van der Waals surface area contributed by atoms with Gasteiger partial charge in [0.1, 0.15) is 12.1 Å². The predicted octanol–water partition coefficient (Wildman–Crippen LogP) is 1.72. The highest BCUT2D eigenvalue weighted by molar-refractivity contribution is 7.99. The molecule has 0 aliphatic carbocycles. The Balaban J connectivity index is 2.00. The van der Waals surface area contributed by atoms with Crippen LogP contribution in [0.5, 0.6) is 0 Å². The molecule has 2 atom stereocenters. The number of carbonyl (C=O) groups excluding carboxylic acids is 2. The van der Waals surface area contributed by atoms with Gasteiger partial charge in [-0.2, -0.15) is 0 Å². The lowest BCUT2D eigenvalue weighted by Gasteiger charge is -2.25. The fourth-order valence-corrected chi connectivity index (χ4v) is 3.86. The van der Waals surface area contributed by atoms with Gasteiger partial charge in [-0.3, -0.25) is 9.59 Å². The van der Waals surface area contributed by atoms with Crippen molar-refractivity contribution in [2.75, 3.05) is 23.6 Å². The first kappa shape index (κ1) is 16.3. The molecule has 0 saturated carbocycles. The van der Waals surface area contributed by atoms with E-state index >= 15 is 0 Å². The maximum atomic E-state index is 12.3. The molecule has 1 aliphatic rings. The van der Waals surface area contributed by atoms with E-state index in [0.29, 0.717) is 23.4 Å². The van der Waals surface area contributed by atoms with Crippen LogP contribution in [-0.4, -0.2) is 52.1 Å². The number of amides is 2. The van der Waals surface area contributed by atoms with E-state index in [1.807, 2.05) is 13.8 Å². The van der Waals surface area contributed by atoms with Crippen molar-refractivity contribution < 1.29 is 14.3 Å². The number of hydrogen-bond donors (Lipinski definition) is 1. The summed E-state index contributed by atoms with van der Waals surface area (Å²) in [6.45, 7) is 5.97. The lowest BCUT2D eigenvalue weighted by molar-refractivity contribution is -0.145. The third-order valence-corrected chi connectivity index (χ3v) is 4.92. The second kappa shape index (κ2) is 7.24. The van der Waals surface area contributed by atoms with E-state index in [2.05, 4.69) is 10.3 Å². The number of aryl methyl sites for hydroxylation is 1. The molecule has 116 valence electrons. The number of thiazole rings is 1. The first-order valence-electron chi connectivity index (χ1n) is 6.76. The van der Waals surface area contributed by atoms with E-state index < -0.39 is 12.1 Å². The molecule has 1 N–H and O–H groups in total. The molecule has 1 fully saturated rings. The van der Waals surface area contributed by atoms with Gasteiger partial charge in [-0.25, -0.2) is 4.98 Å². The lowest BCUT2D eigenvalue weighted by Crippen LogP contribution is -2.48. The molecular weight excluding hydrogens is 310 g/mol. The van der Waals surface area contributed by atoms with Crippen molar-refractivity contribution in [2.45, 2.75) is 32.9 Å². The molecule has 1 aromatic rings. The fraction of sp³-hybridized carbons (Fsp3) is 0.615. The van der Waals surface area contributed by atoms with Gasteiger partial charge >= 0.3 is 0 Å². The van der Waals surface area contributed by atoms with Gasteiger partial charge in [0.25, 0.3) is 5.91 Å². The Morgan fingerprint density at radius 1 is 1.62 bits per heavy atom. The monoisotopic (exact) mass is 329 g/mol. The van der Waals surface area contributed by atoms with Crippen molar-refractivity contribution in [2.24, 2.45) is 0 Å². The average molecular weight is 329 g/mol. The number of ether oxygens (including phenoxy) is 1. The van der Waals surface area contributed by atoms with Crippen LogP contribution in [0.4, 0.5) is 5.13 Å². The van der Waals surface area contributed by atoms with E-state index in [1.54, 1.807) is 29.8 Å². The minimum absolute atomic E-state index is 0.141. The Labute approximate surface area is 132 Å². The van der Waals surface area contributed by atoms with Crippen LogP contribution in [0.1, 0.15) is 18.7 Å². The molecule has 0 aromatic carbocycles. The maximum absolute atomic E-state index is 12.3. The van der Waals surface area contributed by atoms with Crippen LogP contribution in [0.15, 0.2) is 6.20 Å². The molecule has 0 radical (unpaired) electrons. The summed E-state index contributed by atoms with van der Waals surface area (Å²) < 4.78 is 5.32. The largest absolute Gasteiger partial charge is 0.369 e. The van der Waals surface area contributed by atoms with Gasteiger partial charge in [-0.05, 0) is 20.8 Å². The summed E-state index contributed by atoms with van der Waals surface area (Å²) in [7, 11) is 0. The first-order chi connectivity index (χ1) is 10.0. The zero-order valence-corrected chi connectivity index (χ0v) is 13.9. The van der Waals surface area contributed by atoms with Crippen LogP contribution >= 0.6 is 23.1 Å². The zero-order valence-electron chi connectivity index (χ0n) is 12.3. The number of nitrogens with zero attached hydrogens (tertiary/aromatic N) is 2. The highest BCUT2D eigenvalue weighted by Gasteiger charge is 2.36. The maximum Gasteiger partial charge on any atom is 0.252 e. The highest BCUT2D eigenvalue weighted by atomic mass is 32.2. The molecular formula is C13H19N3O3S2. The summed E-state index contributed by atoms with van der Waals surface area (Å²) in [6, 6.07) is -0.463. The summed E-state index contributed by atoms with van der Waals surface area (Å²) in [4.78, 5) is 31.4. The van der Waals surface area contributed by atoms with Crippen LogP contribution in [0, 0.1) is 6.92 Å². The predicted molar refractivity (Wildman–Crippen MR) is 84.5 cm³/mol. The Morgan fingerprint density at radius 2 is 2.38 bits per heavy atom. The van der Waals surface area contributed by atoms with Crippen molar-refractivity contribution in [1.82, 2.24) is 9.88 Å². The molecule has 0 unspecified atom stereocenters. The van der Waals surface area contributed by atoms with Crippen molar-refractivity contribution in [3.05, 3.63) is 11.1 Å². The topological polar surface area (TPSA) is 71.5 Å². The molecule has 1 aromatic heterocycles. The number of anilines is 1. The van der Waals surface area contributed by atoms with Gasteiger partial charge in [-0.15, -0.1) is 23.1 Å². The first-order valence-corrected chi connectivity index (χ1v) is 8.73.